The maximum atomic E-state index is 12.0. The lowest BCUT2D eigenvalue weighted by atomic mass is 9.98. The van der Waals surface area contributed by atoms with Gasteiger partial charge in [-0.15, -0.1) is 0 Å². The molecular weight excluding hydrogens is 274 g/mol. The Morgan fingerprint density at radius 3 is 2.55 bits per heavy atom. The molecule has 3 rings (SSSR count). The predicted octanol–water partition coefficient (Wildman–Crippen LogP) is 3.45. The molecule has 0 fully saturated rings. The second-order valence-electron chi connectivity index (χ2n) is 5.89. The minimum atomic E-state index is -0.00605. The lowest BCUT2D eigenvalue weighted by Crippen LogP contribution is -2.19. The van der Waals surface area contributed by atoms with E-state index >= 15 is 0 Å². The molecule has 4 nitrogen and oxygen atoms in total. The number of nitrogens with zero attached hydrogens (tertiary/aromatic N) is 3. The van der Waals surface area contributed by atoms with Crippen LogP contribution in [0, 0.1) is 0 Å². The van der Waals surface area contributed by atoms with Crippen LogP contribution in [0.5, 0.6) is 0 Å². The maximum Gasteiger partial charge on any atom is 0.328 e. The second kappa shape index (κ2) is 5.44. The fourth-order valence-corrected chi connectivity index (χ4v) is 2.81. The standard InChI is InChI=1S/C18H21N3O/c1-5-12(2)13-8-9-19-15(10-13)14-6-7-16-17(11-14)21(4)18(22)20(16)3/h6-12H,5H2,1-4H3. The highest BCUT2D eigenvalue weighted by Crippen LogP contribution is 2.26. The Bertz CT molecular complexity index is 889. The predicted molar refractivity (Wildman–Crippen MR) is 90.1 cm³/mol. The molecule has 114 valence electrons. The summed E-state index contributed by atoms with van der Waals surface area (Å²) in [7, 11) is 3.60. The van der Waals surface area contributed by atoms with Gasteiger partial charge in [-0.1, -0.05) is 19.9 Å². The zero-order valence-electron chi connectivity index (χ0n) is 13.5. The quantitative estimate of drug-likeness (QED) is 0.742. The van der Waals surface area contributed by atoms with Crippen LogP contribution in [0.25, 0.3) is 22.3 Å². The third-order valence-corrected chi connectivity index (χ3v) is 4.53. The van der Waals surface area contributed by atoms with Crippen LogP contribution in [0.3, 0.4) is 0 Å². The smallest absolute Gasteiger partial charge is 0.295 e. The Labute approximate surface area is 130 Å². The molecule has 1 unspecified atom stereocenters. The van der Waals surface area contributed by atoms with E-state index in [1.165, 1.54) is 5.56 Å². The zero-order chi connectivity index (χ0) is 15.9. The molecule has 1 aromatic carbocycles. The molecule has 0 spiro atoms. The average Bonchev–Trinajstić information content (AvgIpc) is 2.78. The number of aromatic nitrogens is 3. The van der Waals surface area contributed by atoms with Gasteiger partial charge in [0.15, 0.2) is 0 Å². The van der Waals surface area contributed by atoms with Gasteiger partial charge < -0.3 is 0 Å². The molecule has 2 aromatic heterocycles. The molecule has 3 aromatic rings. The van der Waals surface area contributed by atoms with Crippen LogP contribution in [0.15, 0.2) is 41.3 Å². The van der Waals surface area contributed by atoms with Gasteiger partial charge in [-0.05, 0) is 42.2 Å². The van der Waals surface area contributed by atoms with Crippen molar-refractivity contribution in [3.8, 4) is 11.3 Å². The molecule has 0 aliphatic heterocycles. The Balaban J connectivity index is 2.15. The molecule has 0 aliphatic carbocycles. The van der Waals surface area contributed by atoms with Crippen molar-refractivity contribution >= 4 is 11.0 Å². The molecule has 4 heteroatoms. The fraction of sp³-hybridized carbons (Fsp3) is 0.333. The molecular formula is C18H21N3O. The molecule has 2 heterocycles. The van der Waals surface area contributed by atoms with Crippen LogP contribution >= 0.6 is 0 Å². The van der Waals surface area contributed by atoms with Crippen molar-refractivity contribution in [2.45, 2.75) is 26.2 Å². The summed E-state index contributed by atoms with van der Waals surface area (Å²) >= 11 is 0. The number of aryl methyl sites for hydroxylation is 2. The van der Waals surface area contributed by atoms with Crippen LogP contribution in [0.2, 0.25) is 0 Å². The van der Waals surface area contributed by atoms with Crippen molar-refractivity contribution in [3.63, 3.8) is 0 Å². The first-order valence-electron chi connectivity index (χ1n) is 7.64. The van der Waals surface area contributed by atoms with Crippen molar-refractivity contribution in [2.24, 2.45) is 14.1 Å². The van der Waals surface area contributed by atoms with Gasteiger partial charge in [0.1, 0.15) is 0 Å². The van der Waals surface area contributed by atoms with Gasteiger partial charge in [0.2, 0.25) is 0 Å². The van der Waals surface area contributed by atoms with Gasteiger partial charge in [-0.25, -0.2) is 4.79 Å². The Morgan fingerprint density at radius 2 is 1.82 bits per heavy atom. The fourth-order valence-electron chi connectivity index (χ4n) is 2.81. The Kier molecular flexibility index (Phi) is 3.61. The summed E-state index contributed by atoms with van der Waals surface area (Å²) in [4.78, 5) is 16.5. The number of benzene rings is 1. The van der Waals surface area contributed by atoms with Gasteiger partial charge in [-0.3, -0.25) is 14.1 Å². The van der Waals surface area contributed by atoms with Gasteiger partial charge in [0.25, 0.3) is 0 Å². The number of rotatable bonds is 3. The van der Waals surface area contributed by atoms with Crippen molar-refractivity contribution in [1.29, 1.82) is 0 Å². The Morgan fingerprint density at radius 1 is 1.09 bits per heavy atom. The summed E-state index contributed by atoms with van der Waals surface area (Å²) in [6, 6.07) is 10.3. The summed E-state index contributed by atoms with van der Waals surface area (Å²) in [5, 5.41) is 0. The highest BCUT2D eigenvalue weighted by Gasteiger charge is 2.10. The van der Waals surface area contributed by atoms with E-state index in [0.717, 1.165) is 28.7 Å². The first kappa shape index (κ1) is 14.6. The van der Waals surface area contributed by atoms with Crippen molar-refractivity contribution < 1.29 is 0 Å². The topological polar surface area (TPSA) is 39.8 Å². The van der Waals surface area contributed by atoms with Crippen LogP contribution < -0.4 is 5.69 Å². The van der Waals surface area contributed by atoms with Crippen molar-refractivity contribution in [3.05, 3.63) is 52.6 Å². The second-order valence-corrected chi connectivity index (χ2v) is 5.89. The maximum absolute atomic E-state index is 12.0. The van der Waals surface area contributed by atoms with E-state index in [4.69, 9.17) is 0 Å². The molecule has 0 radical (unpaired) electrons. The summed E-state index contributed by atoms with van der Waals surface area (Å²) < 4.78 is 3.35. The third-order valence-electron chi connectivity index (χ3n) is 4.53. The highest BCUT2D eigenvalue weighted by molar-refractivity contribution is 5.82. The minimum absolute atomic E-state index is 0.00605. The summed E-state index contributed by atoms with van der Waals surface area (Å²) in [5.41, 5.74) is 5.16. The van der Waals surface area contributed by atoms with E-state index in [0.29, 0.717) is 5.92 Å². The molecule has 0 saturated carbocycles. The molecule has 0 bridgehead atoms. The van der Waals surface area contributed by atoms with Crippen molar-refractivity contribution in [2.75, 3.05) is 0 Å². The van der Waals surface area contributed by atoms with E-state index in [1.54, 1.807) is 23.2 Å². The normalized spacial score (nSPS) is 12.7. The van der Waals surface area contributed by atoms with E-state index < -0.39 is 0 Å². The van der Waals surface area contributed by atoms with Crippen LogP contribution in [0.4, 0.5) is 0 Å². The highest BCUT2D eigenvalue weighted by atomic mass is 16.1. The Hall–Kier alpha value is -2.36. The monoisotopic (exact) mass is 295 g/mol. The first-order chi connectivity index (χ1) is 10.5. The van der Waals surface area contributed by atoms with Gasteiger partial charge in [0.05, 0.1) is 16.7 Å². The molecule has 22 heavy (non-hydrogen) atoms. The van der Waals surface area contributed by atoms with E-state index in [-0.39, 0.29) is 5.69 Å². The van der Waals surface area contributed by atoms with Crippen LogP contribution in [0.1, 0.15) is 31.7 Å². The molecule has 0 saturated heterocycles. The van der Waals surface area contributed by atoms with Gasteiger partial charge in [-0.2, -0.15) is 0 Å². The van der Waals surface area contributed by atoms with Gasteiger partial charge in [0, 0.05) is 25.9 Å². The first-order valence-corrected chi connectivity index (χ1v) is 7.64. The third kappa shape index (κ3) is 2.25. The lowest BCUT2D eigenvalue weighted by Gasteiger charge is -2.10. The van der Waals surface area contributed by atoms with E-state index in [9.17, 15) is 4.79 Å². The minimum Gasteiger partial charge on any atom is -0.295 e. The molecule has 1 atom stereocenters. The SMILES string of the molecule is CCC(C)c1ccnc(-c2ccc3c(c2)n(C)c(=O)n3C)c1. The lowest BCUT2D eigenvalue weighted by molar-refractivity contribution is 0.732. The molecule has 0 N–H and O–H groups in total. The number of hydrogen-bond donors (Lipinski definition) is 0. The van der Waals surface area contributed by atoms with E-state index in [1.807, 2.05) is 24.4 Å². The van der Waals surface area contributed by atoms with Crippen LogP contribution in [-0.4, -0.2) is 14.1 Å². The average molecular weight is 295 g/mol. The summed E-state index contributed by atoms with van der Waals surface area (Å²) in [6.45, 7) is 4.42. The summed E-state index contributed by atoms with van der Waals surface area (Å²) in [6.07, 6.45) is 2.97. The van der Waals surface area contributed by atoms with Crippen LogP contribution in [-0.2, 0) is 14.1 Å². The zero-order valence-corrected chi connectivity index (χ0v) is 13.5. The van der Waals surface area contributed by atoms with Crippen molar-refractivity contribution in [1.82, 2.24) is 14.1 Å². The summed E-state index contributed by atoms with van der Waals surface area (Å²) in [5.74, 6) is 0.520. The van der Waals surface area contributed by atoms with Gasteiger partial charge >= 0.3 is 5.69 Å². The number of fused-ring (bicyclic) bond motifs is 1. The molecule has 0 aliphatic rings. The van der Waals surface area contributed by atoms with E-state index in [2.05, 4.69) is 31.0 Å². The largest absolute Gasteiger partial charge is 0.328 e. The number of imidazole rings is 1. The number of hydrogen-bond acceptors (Lipinski definition) is 2. The molecule has 0 amide bonds. The number of pyridine rings is 1.